The zero-order valence-corrected chi connectivity index (χ0v) is 22.4. The molecule has 2 aromatic carbocycles. The molecule has 33 heavy (non-hydrogen) atoms. The van der Waals surface area contributed by atoms with Crippen LogP contribution in [0.15, 0.2) is 71.4 Å². The molecule has 2 aliphatic rings. The molecule has 4 heteroatoms. The predicted molar refractivity (Wildman–Crippen MR) is 144 cm³/mol. The number of para-hydroxylation sites is 2. The molecule has 1 aliphatic heterocycles. The molecule has 0 unspecified atom stereocenters. The van der Waals surface area contributed by atoms with Gasteiger partial charge >= 0.3 is 0 Å². The molecule has 0 saturated carbocycles. The first kappa shape index (κ1) is 23.8. The van der Waals surface area contributed by atoms with Crippen molar-refractivity contribution in [2.24, 2.45) is 0 Å². The summed E-state index contributed by atoms with van der Waals surface area (Å²) in [6.45, 7) is 18.1. The molecule has 1 aliphatic carbocycles. The van der Waals surface area contributed by atoms with Crippen molar-refractivity contribution in [2.75, 3.05) is 22.9 Å². The summed E-state index contributed by atoms with van der Waals surface area (Å²) >= 11 is 0. The number of carbonyl (C=O) groups excluding carboxylic acids is 1. The van der Waals surface area contributed by atoms with Crippen molar-refractivity contribution < 1.29 is 4.79 Å². The van der Waals surface area contributed by atoms with Crippen molar-refractivity contribution in [2.45, 2.75) is 77.2 Å². The fraction of sp³-hybridized carbons (Fsp3) is 0.483. The highest BCUT2D eigenvalue weighted by molar-refractivity contribution is 6.94. The standard InChI is InChI=1S/C29H40N2OSi/c1-21(2)33(22(3)4,23(5)6)27-24(7)20-29(28(27)32)30(25-14-10-8-11-15-25)18-19-31(29)26-16-12-9-13-17-26/h8-17,21-23H,18-20H2,1-7H3. The maximum absolute atomic E-state index is 15.0. The monoisotopic (exact) mass is 460 g/mol. The number of hydrogen-bond acceptors (Lipinski definition) is 3. The van der Waals surface area contributed by atoms with Crippen LogP contribution < -0.4 is 9.80 Å². The second-order valence-electron chi connectivity index (χ2n) is 10.8. The highest BCUT2D eigenvalue weighted by Crippen LogP contribution is 2.55. The van der Waals surface area contributed by atoms with Crippen LogP contribution in [0.5, 0.6) is 0 Å². The van der Waals surface area contributed by atoms with Gasteiger partial charge in [-0.2, -0.15) is 0 Å². The zero-order valence-electron chi connectivity index (χ0n) is 21.4. The molecule has 3 nitrogen and oxygen atoms in total. The molecule has 0 radical (unpaired) electrons. The van der Waals surface area contributed by atoms with Crippen LogP contribution in [-0.4, -0.2) is 32.6 Å². The number of Topliss-reactive ketones (excluding diaryl/α,β-unsaturated/α-hetero) is 1. The molecule has 176 valence electrons. The predicted octanol–water partition coefficient (Wildman–Crippen LogP) is 7.22. The summed E-state index contributed by atoms with van der Waals surface area (Å²) < 4.78 is 0. The van der Waals surface area contributed by atoms with E-state index in [1.54, 1.807) is 0 Å². The fourth-order valence-electron chi connectivity index (χ4n) is 7.42. The van der Waals surface area contributed by atoms with Crippen LogP contribution in [0.25, 0.3) is 0 Å². The van der Waals surface area contributed by atoms with Crippen LogP contribution in [0, 0.1) is 0 Å². The van der Waals surface area contributed by atoms with Gasteiger partial charge < -0.3 is 9.80 Å². The molecule has 0 amide bonds. The Bertz CT molecular complexity index is 957. The first-order valence-electron chi connectivity index (χ1n) is 12.6. The number of hydrogen-bond donors (Lipinski definition) is 0. The maximum Gasteiger partial charge on any atom is 0.201 e. The maximum atomic E-state index is 15.0. The lowest BCUT2D eigenvalue weighted by Crippen LogP contribution is -2.61. The average molecular weight is 461 g/mol. The Morgan fingerprint density at radius 1 is 0.727 bits per heavy atom. The van der Waals surface area contributed by atoms with Gasteiger partial charge in [-0.05, 0) is 53.0 Å². The number of carbonyl (C=O) groups is 1. The summed E-state index contributed by atoms with van der Waals surface area (Å²) in [5, 5.41) is 1.23. The molecule has 0 aromatic heterocycles. The molecule has 0 atom stereocenters. The molecule has 2 aromatic rings. The summed E-state index contributed by atoms with van der Waals surface area (Å²) in [5.41, 5.74) is 4.48. The summed E-state index contributed by atoms with van der Waals surface area (Å²) in [6, 6.07) is 21.1. The summed E-state index contributed by atoms with van der Waals surface area (Å²) in [4.78, 5) is 19.8. The van der Waals surface area contributed by atoms with Crippen LogP contribution in [0.1, 0.15) is 54.9 Å². The SMILES string of the molecule is CC1=C([Si](C(C)C)(C(C)C)C(C)C)C(=O)C2(C1)N(c1ccccc1)CCN2c1ccccc1. The fourth-order valence-corrected chi connectivity index (χ4v) is 14.6. The van der Waals surface area contributed by atoms with Crippen molar-refractivity contribution >= 4 is 25.2 Å². The van der Waals surface area contributed by atoms with E-state index in [9.17, 15) is 4.79 Å². The van der Waals surface area contributed by atoms with Gasteiger partial charge in [0.05, 0.1) is 8.07 Å². The molecular formula is C29H40N2OSi. The van der Waals surface area contributed by atoms with Gasteiger partial charge in [-0.3, -0.25) is 4.79 Å². The van der Waals surface area contributed by atoms with E-state index in [4.69, 9.17) is 0 Å². The molecule has 4 rings (SSSR count). The number of rotatable bonds is 6. The van der Waals surface area contributed by atoms with Crippen molar-refractivity contribution in [3.05, 3.63) is 71.4 Å². The lowest BCUT2D eigenvalue weighted by molar-refractivity contribution is -0.118. The van der Waals surface area contributed by atoms with Crippen LogP contribution in [0.3, 0.4) is 0 Å². The largest absolute Gasteiger partial charge is 0.340 e. The highest BCUT2D eigenvalue weighted by Gasteiger charge is 2.62. The smallest absolute Gasteiger partial charge is 0.201 e. The minimum Gasteiger partial charge on any atom is -0.340 e. The average Bonchev–Trinajstić information content (AvgIpc) is 3.28. The number of ketones is 1. The molecule has 1 spiro atoms. The minimum absolute atomic E-state index is 0.368. The van der Waals surface area contributed by atoms with Gasteiger partial charge in [0.25, 0.3) is 0 Å². The molecule has 1 fully saturated rings. The van der Waals surface area contributed by atoms with E-state index in [2.05, 4.69) is 119 Å². The quantitative estimate of drug-likeness (QED) is 0.425. The minimum atomic E-state index is -2.10. The Labute approximate surface area is 201 Å². The van der Waals surface area contributed by atoms with Crippen molar-refractivity contribution in [3.8, 4) is 0 Å². The van der Waals surface area contributed by atoms with Crippen LogP contribution in [0.2, 0.25) is 16.6 Å². The second-order valence-corrected chi connectivity index (χ2v) is 16.7. The summed E-state index contributed by atoms with van der Waals surface area (Å²) in [6.07, 6.45) is 0.784. The molecule has 1 saturated heterocycles. The third kappa shape index (κ3) is 3.40. The molecular weight excluding hydrogens is 420 g/mol. The van der Waals surface area contributed by atoms with Crippen LogP contribution in [-0.2, 0) is 4.79 Å². The van der Waals surface area contributed by atoms with E-state index in [1.807, 2.05) is 0 Å². The second kappa shape index (κ2) is 8.79. The number of anilines is 2. The molecule has 1 heterocycles. The third-order valence-electron chi connectivity index (χ3n) is 8.40. The van der Waals surface area contributed by atoms with Crippen molar-refractivity contribution in [1.29, 1.82) is 0 Å². The van der Waals surface area contributed by atoms with E-state index < -0.39 is 13.7 Å². The van der Waals surface area contributed by atoms with Crippen LogP contribution >= 0.6 is 0 Å². The topological polar surface area (TPSA) is 23.6 Å². The Kier molecular flexibility index (Phi) is 6.34. The van der Waals surface area contributed by atoms with E-state index in [-0.39, 0.29) is 0 Å². The van der Waals surface area contributed by atoms with Gasteiger partial charge in [-0.15, -0.1) is 0 Å². The van der Waals surface area contributed by atoms with Gasteiger partial charge in [0.1, 0.15) is 0 Å². The van der Waals surface area contributed by atoms with E-state index >= 15 is 0 Å². The van der Waals surface area contributed by atoms with Gasteiger partial charge in [-0.25, -0.2) is 0 Å². The summed E-state index contributed by atoms with van der Waals surface area (Å²) in [7, 11) is -2.10. The number of benzene rings is 2. The van der Waals surface area contributed by atoms with E-state index in [0.29, 0.717) is 22.4 Å². The first-order valence-corrected chi connectivity index (χ1v) is 14.8. The highest BCUT2D eigenvalue weighted by atomic mass is 28.3. The Hall–Kier alpha value is -2.33. The number of nitrogens with zero attached hydrogens (tertiary/aromatic N) is 2. The van der Waals surface area contributed by atoms with Gasteiger partial charge in [0, 0.05) is 30.9 Å². The molecule has 0 bridgehead atoms. The van der Waals surface area contributed by atoms with Crippen molar-refractivity contribution in [1.82, 2.24) is 0 Å². The zero-order chi connectivity index (χ0) is 24.0. The normalized spacial score (nSPS) is 18.7. The van der Waals surface area contributed by atoms with E-state index in [1.165, 1.54) is 10.8 Å². The lowest BCUT2D eigenvalue weighted by atomic mass is 10.0. The Morgan fingerprint density at radius 2 is 1.12 bits per heavy atom. The Balaban J connectivity index is 1.92. The Morgan fingerprint density at radius 3 is 1.48 bits per heavy atom. The summed E-state index contributed by atoms with van der Waals surface area (Å²) in [5.74, 6) is 0.368. The van der Waals surface area contributed by atoms with E-state index in [0.717, 1.165) is 30.9 Å². The first-order chi connectivity index (χ1) is 15.7. The third-order valence-corrected chi connectivity index (χ3v) is 15.7. The van der Waals surface area contributed by atoms with Gasteiger partial charge in [0.2, 0.25) is 5.78 Å². The van der Waals surface area contributed by atoms with Gasteiger partial charge in [-0.1, -0.05) is 83.5 Å². The lowest BCUT2D eigenvalue weighted by Gasteiger charge is -2.47. The van der Waals surface area contributed by atoms with Crippen molar-refractivity contribution in [3.63, 3.8) is 0 Å². The van der Waals surface area contributed by atoms with Gasteiger partial charge in [0.15, 0.2) is 5.66 Å². The van der Waals surface area contributed by atoms with Crippen LogP contribution in [0.4, 0.5) is 11.4 Å². The molecule has 0 N–H and O–H groups in total.